The Hall–Kier alpha value is -2.71. The van der Waals surface area contributed by atoms with E-state index in [1.165, 1.54) is 0 Å². The van der Waals surface area contributed by atoms with Crippen molar-refractivity contribution in [2.75, 3.05) is 17.7 Å². The van der Waals surface area contributed by atoms with Crippen molar-refractivity contribution in [1.82, 2.24) is 15.1 Å². The molecule has 2 aromatic heterocycles. The number of hydrogen-bond acceptors (Lipinski definition) is 8. The Bertz CT molecular complexity index is 662. The van der Waals surface area contributed by atoms with Gasteiger partial charge in [0.1, 0.15) is 11.5 Å². The predicted octanol–water partition coefficient (Wildman–Crippen LogP) is 1.95. The second-order valence-electron chi connectivity index (χ2n) is 4.49. The first-order valence-electron chi connectivity index (χ1n) is 6.30. The van der Waals surface area contributed by atoms with Gasteiger partial charge in [0.2, 0.25) is 11.8 Å². The lowest BCUT2D eigenvalue weighted by molar-refractivity contribution is -0.385. The second-order valence-corrected chi connectivity index (χ2v) is 4.49. The third-order valence-electron chi connectivity index (χ3n) is 3.08. The fourth-order valence-corrected chi connectivity index (χ4v) is 1.95. The summed E-state index contributed by atoms with van der Waals surface area (Å²) in [6.45, 7) is 5.51. The van der Waals surface area contributed by atoms with Crippen molar-refractivity contribution in [3.63, 3.8) is 0 Å². The molecule has 0 aliphatic heterocycles. The number of nitrogens with one attached hydrogen (secondary N) is 2. The van der Waals surface area contributed by atoms with Crippen molar-refractivity contribution in [1.29, 1.82) is 0 Å². The molecule has 21 heavy (non-hydrogen) atoms. The maximum Gasteiger partial charge on any atom is 0.332 e. The Morgan fingerprint density at radius 1 is 1.24 bits per heavy atom. The summed E-state index contributed by atoms with van der Waals surface area (Å²) in [5.74, 6) is 1.15. The maximum absolute atomic E-state index is 11.2. The van der Waals surface area contributed by atoms with Crippen LogP contribution >= 0.6 is 0 Å². The minimum absolute atomic E-state index is 0.138. The first-order chi connectivity index (χ1) is 9.93. The van der Waals surface area contributed by atoms with Gasteiger partial charge in [0.25, 0.3) is 0 Å². The number of nitrogens with zero attached hydrogens (tertiary/aromatic N) is 4. The molecule has 112 valence electrons. The summed E-state index contributed by atoms with van der Waals surface area (Å²) >= 11 is 0. The third kappa shape index (κ3) is 2.91. The first kappa shape index (κ1) is 14.7. The topological polar surface area (TPSA) is 119 Å². The van der Waals surface area contributed by atoms with Crippen LogP contribution in [0.2, 0.25) is 0 Å². The van der Waals surface area contributed by atoms with Crippen LogP contribution in [0.5, 0.6) is 0 Å². The molecule has 0 aromatic carbocycles. The van der Waals surface area contributed by atoms with Gasteiger partial charge in [-0.1, -0.05) is 5.16 Å². The van der Waals surface area contributed by atoms with Gasteiger partial charge >= 0.3 is 5.69 Å². The summed E-state index contributed by atoms with van der Waals surface area (Å²) in [4.78, 5) is 18.8. The molecule has 0 saturated heterocycles. The van der Waals surface area contributed by atoms with E-state index in [1.54, 1.807) is 20.9 Å². The van der Waals surface area contributed by atoms with Crippen LogP contribution in [-0.4, -0.2) is 27.1 Å². The molecule has 2 aromatic rings. The average molecular weight is 292 g/mol. The molecule has 0 atom stereocenters. The smallest absolute Gasteiger partial charge is 0.332 e. The Balaban J connectivity index is 2.34. The van der Waals surface area contributed by atoms with Gasteiger partial charge in [-0.05, 0) is 20.8 Å². The van der Waals surface area contributed by atoms with Crippen molar-refractivity contribution in [3.05, 3.63) is 32.8 Å². The summed E-state index contributed by atoms with van der Waals surface area (Å²) in [6.07, 6.45) is 0. The highest BCUT2D eigenvalue weighted by atomic mass is 16.6. The van der Waals surface area contributed by atoms with Crippen molar-refractivity contribution in [2.45, 2.75) is 27.3 Å². The Morgan fingerprint density at radius 3 is 2.48 bits per heavy atom. The fraction of sp³-hybridized carbons (Fsp3) is 0.417. The monoisotopic (exact) mass is 292 g/mol. The molecule has 0 spiro atoms. The molecule has 0 aliphatic rings. The number of rotatable bonds is 5. The Labute approximate surface area is 120 Å². The van der Waals surface area contributed by atoms with E-state index in [9.17, 15) is 10.1 Å². The molecule has 0 saturated carbocycles. The predicted molar refractivity (Wildman–Crippen MR) is 76.3 cm³/mol. The molecule has 9 nitrogen and oxygen atoms in total. The van der Waals surface area contributed by atoms with Crippen LogP contribution in [-0.2, 0) is 6.54 Å². The molecule has 0 fully saturated rings. The van der Waals surface area contributed by atoms with E-state index >= 15 is 0 Å². The molecular weight excluding hydrogens is 276 g/mol. The van der Waals surface area contributed by atoms with Crippen molar-refractivity contribution < 1.29 is 9.45 Å². The standard InChI is InChI=1S/C12H16N6O3/c1-6-9(8(3)21-17-6)5-14-11-10(18(19)20)7(2)15-12(13-4)16-11/h5H2,1-4H3,(H2,13,14,15,16). The zero-order valence-corrected chi connectivity index (χ0v) is 12.2. The van der Waals surface area contributed by atoms with E-state index in [0.29, 0.717) is 23.9 Å². The van der Waals surface area contributed by atoms with E-state index < -0.39 is 4.92 Å². The Kier molecular flexibility index (Phi) is 4.01. The van der Waals surface area contributed by atoms with E-state index in [2.05, 4.69) is 25.8 Å². The zero-order chi connectivity index (χ0) is 15.6. The highest BCUT2D eigenvalue weighted by Gasteiger charge is 2.22. The van der Waals surface area contributed by atoms with Crippen LogP contribution in [0, 0.1) is 30.9 Å². The van der Waals surface area contributed by atoms with Crippen molar-refractivity contribution in [3.8, 4) is 0 Å². The molecular formula is C12H16N6O3. The number of aromatic nitrogens is 3. The first-order valence-corrected chi connectivity index (χ1v) is 6.30. The molecule has 2 rings (SSSR count). The summed E-state index contributed by atoms with van der Waals surface area (Å²) < 4.78 is 5.06. The Morgan fingerprint density at radius 2 is 1.95 bits per heavy atom. The van der Waals surface area contributed by atoms with Gasteiger partial charge in [0.05, 0.1) is 10.6 Å². The van der Waals surface area contributed by atoms with E-state index in [0.717, 1.165) is 11.3 Å². The van der Waals surface area contributed by atoms with Crippen molar-refractivity contribution in [2.24, 2.45) is 0 Å². The lowest BCUT2D eigenvalue weighted by Gasteiger charge is -2.09. The summed E-state index contributed by atoms with van der Waals surface area (Å²) in [5.41, 5.74) is 1.75. The molecule has 9 heteroatoms. The average Bonchev–Trinajstić information content (AvgIpc) is 2.74. The highest BCUT2D eigenvalue weighted by Crippen LogP contribution is 2.27. The van der Waals surface area contributed by atoms with E-state index in [4.69, 9.17) is 4.52 Å². The van der Waals surface area contributed by atoms with Crippen molar-refractivity contribution >= 4 is 17.5 Å². The normalized spacial score (nSPS) is 10.5. The molecule has 0 radical (unpaired) electrons. The highest BCUT2D eigenvalue weighted by molar-refractivity contribution is 5.61. The summed E-state index contributed by atoms with van der Waals surface area (Å²) in [5, 5.41) is 20.8. The minimum Gasteiger partial charge on any atom is -0.361 e. The number of anilines is 2. The molecule has 2 N–H and O–H groups in total. The number of nitro groups is 1. The van der Waals surface area contributed by atoms with Gasteiger partial charge in [0.15, 0.2) is 0 Å². The quantitative estimate of drug-likeness (QED) is 0.634. The molecule has 0 aliphatic carbocycles. The summed E-state index contributed by atoms with van der Waals surface area (Å²) in [7, 11) is 1.65. The number of aryl methyl sites for hydroxylation is 3. The largest absolute Gasteiger partial charge is 0.361 e. The van der Waals surface area contributed by atoms with Gasteiger partial charge in [-0.25, -0.2) is 4.98 Å². The third-order valence-corrected chi connectivity index (χ3v) is 3.08. The zero-order valence-electron chi connectivity index (χ0n) is 12.2. The van der Waals surface area contributed by atoms with Crippen LogP contribution in [0.3, 0.4) is 0 Å². The maximum atomic E-state index is 11.2. The fourth-order valence-electron chi connectivity index (χ4n) is 1.95. The number of hydrogen-bond donors (Lipinski definition) is 2. The summed E-state index contributed by atoms with van der Waals surface area (Å²) in [6, 6.07) is 0. The lowest BCUT2D eigenvalue weighted by Crippen LogP contribution is -2.10. The van der Waals surface area contributed by atoms with Crippen LogP contribution < -0.4 is 10.6 Å². The van der Waals surface area contributed by atoms with E-state index in [1.807, 2.05) is 6.92 Å². The SMILES string of the molecule is CNc1nc(C)c([N+](=O)[O-])c(NCc2c(C)noc2C)n1. The van der Waals surface area contributed by atoms with Gasteiger partial charge < -0.3 is 15.2 Å². The second kappa shape index (κ2) is 5.73. The van der Waals surface area contributed by atoms with Gasteiger partial charge in [-0.2, -0.15) is 4.98 Å². The van der Waals surface area contributed by atoms with E-state index in [-0.39, 0.29) is 11.5 Å². The van der Waals surface area contributed by atoms with Gasteiger partial charge in [-0.15, -0.1) is 0 Å². The minimum atomic E-state index is -0.496. The molecule has 0 unspecified atom stereocenters. The van der Waals surface area contributed by atoms with Crippen LogP contribution in [0.15, 0.2) is 4.52 Å². The molecule has 0 amide bonds. The van der Waals surface area contributed by atoms with Crippen LogP contribution in [0.25, 0.3) is 0 Å². The molecule has 0 bridgehead atoms. The van der Waals surface area contributed by atoms with Gasteiger partial charge in [0, 0.05) is 19.2 Å². The van der Waals surface area contributed by atoms with Crippen LogP contribution in [0.1, 0.15) is 22.7 Å². The molecule has 2 heterocycles. The lowest BCUT2D eigenvalue weighted by atomic mass is 10.2. The van der Waals surface area contributed by atoms with Crippen LogP contribution in [0.4, 0.5) is 17.5 Å². The van der Waals surface area contributed by atoms with Gasteiger partial charge in [-0.3, -0.25) is 10.1 Å².